The maximum Gasteiger partial charge on any atom is 0.244 e. The Balaban J connectivity index is 1.74. The molecule has 2 N–H and O–H groups in total. The smallest absolute Gasteiger partial charge is 0.244 e. The molecule has 0 saturated heterocycles. The average molecular weight is 466 g/mol. The van der Waals surface area contributed by atoms with Crippen molar-refractivity contribution < 1.29 is 28.3 Å². The Labute approximate surface area is 193 Å². The summed E-state index contributed by atoms with van der Waals surface area (Å²) in [5.74, 6) is -3.94. The van der Waals surface area contributed by atoms with Crippen LogP contribution in [0.15, 0.2) is 42.6 Å². The van der Waals surface area contributed by atoms with Gasteiger partial charge in [0.05, 0.1) is 41.4 Å². The molecule has 0 aliphatic carbocycles. The molecule has 10 heteroatoms. The largest absolute Gasteiger partial charge is 0.390 e. The first kappa shape index (κ1) is 23.1. The number of nitrogens with one attached hydrogen (secondary N) is 1. The topological polar surface area (TPSA) is 112 Å². The van der Waals surface area contributed by atoms with E-state index in [4.69, 9.17) is 0 Å². The molecule has 0 radical (unpaired) electrons. The molecule has 4 rings (SSSR count). The molecule has 2 amide bonds. The van der Waals surface area contributed by atoms with Crippen molar-refractivity contribution in [2.45, 2.75) is 26.4 Å². The fourth-order valence-corrected chi connectivity index (χ4v) is 3.85. The van der Waals surface area contributed by atoms with Gasteiger partial charge >= 0.3 is 0 Å². The zero-order chi connectivity index (χ0) is 24.6. The Morgan fingerprint density at radius 1 is 1.18 bits per heavy atom. The van der Waals surface area contributed by atoms with Gasteiger partial charge in [-0.05, 0) is 50.2 Å². The summed E-state index contributed by atoms with van der Waals surface area (Å²) in [6.45, 7) is 1.85. The molecule has 0 bridgehead atoms. The minimum Gasteiger partial charge on any atom is -0.390 e. The second-order valence-electron chi connectivity index (χ2n) is 7.87. The van der Waals surface area contributed by atoms with Crippen LogP contribution in [0.3, 0.4) is 0 Å². The van der Waals surface area contributed by atoms with E-state index in [1.54, 1.807) is 24.3 Å². The molecule has 1 unspecified atom stereocenters. The number of rotatable bonds is 5. The maximum atomic E-state index is 15.1. The number of aliphatic hydroxyl groups excluding tert-OH is 1. The highest BCUT2D eigenvalue weighted by Crippen LogP contribution is 2.41. The second-order valence-corrected chi connectivity index (χ2v) is 7.87. The maximum absolute atomic E-state index is 15.1. The minimum absolute atomic E-state index is 0.0263. The van der Waals surface area contributed by atoms with E-state index in [0.29, 0.717) is 11.3 Å². The lowest BCUT2D eigenvalue weighted by Crippen LogP contribution is -2.40. The van der Waals surface area contributed by atoms with E-state index in [0.717, 1.165) is 17.2 Å². The lowest BCUT2D eigenvalue weighted by Gasteiger charge is -2.24. The zero-order valence-corrected chi connectivity index (χ0v) is 18.3. The highest BCUT2D eigenvalue weighted by atomic mass is 19.1. The molecule has 3 heterocycles. The van der Waals surface area contributed by atoms with Gasteiger partial charge in [0.1, 0.15) is 12.4 Å². The Morgan fingerprint density at radius 3 is 2.53 bits per heavy atom. The van der Waals surface area contributed by atoms with Gasteiger partial charge in [-0.25, -0.2) is 9.37 Å². The molecule has 1 aromatic carbocycles. The van der Waals surface area contributed by atoms with Gasteiger partial charge in [-0.1, -0.05) is 0 Å². The molecule has 0 saturated carbocycles. The number of halogens is 2. The summed E-state index contributed by atoms with van der Waals surface area (Å²) in [6.07, 6.45) is 0.933. The molecule has 8 nitrogen and oxygen atoms in total. The van der Waals surface area contributed by atoms with Crippen LogP contribution < -0.4 is 10.2 Å². The Bertz CT molecular complexity index is 1310. The molecule has 1 aliphatic rings. The van der Waals surface area contributed by atoms with E-state index in [2.05, 4.69) is 15.3 Å². The van der Waals surface area contributed by atoms with Crippen LogP contribution in [0.5, 0.6) is 0 Å². The number of Topliss-reactive ketones (excluding diaryl/α,β-unsaturated/α-hetero) is 1. The van der Waals surface area contributed by atoms with Crippen molar-refractivity contribution in [1.82, 2.24) is 9.97 Å². The number of aliphatic hydroxyl groups is 1. The van der Waals surface area contributed by atoms with Gasteiger partial charge in [-0.2, -0.15) is 4.39 Å². The van der Waals surface area contributed by atoms with Crippen LogP contribution in [0.1, 0.15) is 41.5 Å². The molecule has 34 heavy (non-hydrogen) atoms. The number of hydrogen-bond acceptors (Lipinski definition) is 6. The SMILES string of the molecule is CC(=O)c1ccc(NC(=O)CN2C(=O)C(C)c3ncc(F)cc3-c3c2cc(CO)nc3F)cc1. The highest BCUT2D eigenvalue weighted by Gasteiger charge is 2.36. The second kappa shape index (κ2) is 9.06. The molecular formula is C24H20F2N4O4. The third kappa shape index (κ3) is 4.27. The number of carbonyl (C=O) groups is 3. The van der Waals surface area contributed by atoms with Gasteiger partial charge in [0.25, 0.3) is 0 Å². The molecule has 174 valence electrons. The first-order chi connectivity index (χ1) is 16.2. The fourth-order valence-electron chi connectivity index (χ4n) is 3.85. The average Bonchev–Trinajstić information content (AvgIpc) is 2.88. The van der Waals surface area contributed by atoms with Crippen molar-refractivity contribution in [3.8, 4) is 11.1 Å². The van der Waals surface area contributed by atoms with Gasteiger partial charge in [0.15, 0.2) is 5.78 Å². The van der Waals surface area contributed by atoms with E-state index in [-0.39, 0.29) is 34.0 Å². The van der Waals surface area contributed by atoms with Crippen LogP contribution in [0.25, 0.3) is 11.1 Å². The molecule has 1 atom stereocenters. The number of anilines is 2. The third-order valence-corrected chi connectivity index (χ3v) is 5.54. The van der Waals surface area contributed by atoms with Crippen LogP contribution in [0.2, 0.25) is 0 Å². The number of fused-ring (bicyclic) bond motifs is 3. The number of hydrogen-bond donors (Lipinski definition) is 2. The summed E-state index contributed by atoms with van der Waals surface area (Å²) in [5, 5.41) is 12.1. The molecule has 2 aromatic heterocycles. The normalized spacial score (nSPS) is 14.8. The van der Waals surface area contributed by atoms with Gasteiger partial charge in [-0.3, -0.25) is 19.4 Å². The minimum atomic E-state index is -1.03. The van der Waals surface area contributed by atoms with Crippen LogP contribution in [-0.2, 0) is 16.2 Å². The number of nitrogens with zero attached hydrogens (tertiary/aromatic N) is 3. The molecule has 1 aliphatic heterocycles. The van der Waals surface area contributed by atoms with Crippen LogP contribution in [-0.4, -0.2) is 39.2 Å². The summed E-state index contributed by atoms with van der Waals surface area (Å²) in [7, 11) is 0. The zero-order valence-electron chi connectivity index (χ0n) is 18.3. The predicted molar refractivity (Wildman–Crippen MR) is 119 cm³/mol. The first-order valence-corrected chi connectivity index (χ1v) is 10.4. The van der Waals surface area contributed by atoms with E-state index < -0.39 is 42.6 Å². The van der Waals surface area contributed by atoms with Crippen LogP contribution >= 0.6 is 0 Å². The molecule has 0 fully saturated rings. The molecule has 0 spiro atoms. The van der Waals surface area contributed by atoms with Crippen molar-refractivity contribution in [1.29, 1.82) is 0 Å². The lowest BCUT2D eigenvalue weighted by molar-refractivity contribution is -0.122. The van der Waals surface area contributed by atoms with Gasteiger partial charge in [-0.15, -0.1) is 0 Å². The molecular weight excluding hydrogens is 446 g/mol. The van der Waals surface area contributed by atoms with Crippen molar-refractivity contribution in [3.05, 3.63) is 71.3 Å². The van der Waals surface area contributed by atoms with E-state index in [1.165, 1.54) is 19.9 Å². The van der Waals surface area contributed by atoms with E-state index >= 15 is 4.39 Å². The van der Waals surface area contributed by atoms with Crippen LogP contribution in [0, 0.1) is 11.8 Å². The highest BCUT2D eigenvalue weighted by molar-refractivity contribution is 6.09. The number of benzene rings is 1. The first-order valence-electron chi connectivity index (χ1n) is 10.4. The number of aromatic nitrogens is 2. The molecule has 3 aromatic rings. The van der Waals surface area contributed by atoms with Gasteiger partial charge < -0.3 is 15.3 Å². The Hall–Kier alpha value is -4.05. The summed E-state index contributed by atoms with van der Waals surface area (Å²) < 4.78 is 29.1. The van der Waals surface area contributed by atoms with Crippen molar-refractivity contribution >= 4 is 29.0 Å². The number of amides is 2. The monoisotopic (exact) mass is 466 g/mol. The predicted octanol–water partition coefficient (Wildman–Crippen LogP) is 3.21. The number of carbonyl (C=O) groups excluding carboxylic acids is 3. The fraction of sp³-hybridized carbons (Fsp3) is 0.208. The van der Waals surface area contributed by atoms with Crippen molar-refractivity contribution in [2.24, 2.45) is 0 Å². The van der Waals surface area contributed by atoms with Crippen LogP contribution in [0.4, 0.5) is 20.2 Å². The summed E-state index contributed by atoms with van der Waals surface area (Å²) in [5.41, 5.74) is 0.794. The van der Waals surface area contributed by atoms with Crippen molar-refractivity contribution in [2.75, 3.05) is 16.8 Å². The van der Waals surface area contributed by atoms with Crippen molar-refractivity contribution in [3.63, 3.8) is 0 Å². The number of pyridine rings is 2. The standard InChI is InChI=1S/C24H20F2N4O4/c1-12-22-18(7-15(25)9-27-22)21-19(8-17(11-31)29-23(21)26)30(24(12)34)10-20(33)28-16-5-3-14(4-6-16)13(2)32/h3-9,12,31H,10-11H2,1-2H3,(H,28,33). The quantitative estimate of drug-likeness (QED) is 0.441. The van der Waals surface area contributed by atoms with Gasteiger partial charge in [0.2, 0.25) is 17.8 Å². The Morgan fingerprint density at radius 2 is 1.88 bits per heavy atom. The summed E-state index contributed by atoms with van der Waals surface area (Å²) in [4.78, 5) is 46.4. The van der Waals surface area contributed by atoms with Gasteiger partial charge in [0, 0.05) is 16.8 Å². The lowest BCUT2D eigenvalue weighted by atomic mass is 9.98. The summed E-state index contributed by atoms with van der Waals surface area (Å²) in [6, 6.07) is 8.55. The summed E-state index contributed by atoms with van der Waals surface area (Å²) >= 11 is 0. The van der Waals surface area contributed by atoms with E-state index in [9.17, 15) is 23.9 Å². The Kier molecular flexibility index (Phi) is 6.16. The third-order valence-electron chi connectivity index (χ3n) is 5.54. The van der Waals surface area contributed by atoms with E-state index in [1.807, 2.05) is 0 Å². The number of ketones is 1.